The third-order valence-electron chi connectivity index (χ3n) is 2.58. The highest BCUT2D eigenvalue weighted by molar-refractivity contribution is 6.37. The minimum atomic E-state index is -0.793. The average molecular weight is 329 g/mol. The van der Waals surface area contributed by atoms with Crippen LogP contribution in [-0.2, 0) is 0 Å². The predicted molar refractivity (Wildman–Crippen MR) is 77.5 cm³/mol. The summed E-state index contributed by atoms with van der Waals surface area (Å²) in [5.41, 5.74) is -0.568. The molecule has 5 nitrogen and oxygen atoms in total. The van der Waals surface area contributed by atoms with E-state index in [0.29, 0.717) is 5.02 Å². The Bertz CT molecular complexity index is 737. The third kappa shape index (κ3) is 3.48. The third-order valence-corrected chi connectivity index (χ3v) is 3.13. The van der Waals surface area contributed by atoms with Crippen LogP contribution in [0.1, 0.15) is 10.4 Å². The molecule has 0 bridgehead atoms. The van der Waals surface area contributed by atoms with E-state index in [9.17, 15) is 19.3 Å². The van der Waals surface area contributed by atoms with E-state index >= 15 is 0 Å². The highest BCUT2D eigenvalue weighted by Crippen LogP contribution is 2.25. The van der Waals surface area contributed by atoms with Crippen molar-refractivity contribution in [3.8, 4) is 0 Å². The molecular formula is C13H7Cl2FN2O3. The smallest absolute Gasteiger partial charge is 0.271 e. The molecule has 0 unspecified atom stereocenters. The van der Waals surface area contributed by atoms with Gasteiger partial charge in [-0.25, -0.2) is 4.39 Å². The topological polar surface area (TPSA) is 72.2 Å². The lowest BCUT2D eigenvalue weighted by molar-refractivity contribution is -0.384. The van der Waals surface area contributed by atoms with Gasteiger partial charge in [0, 0.05) is 17.2 Å². The number of hydrogen-bond donors (Lipinski definition) is 1. The first-order chi connectivity index (χ1) is 9.88. The van der Waals surface area contributed by atoms with E-state index < -0.39 is 16.6 Å². The zero-order chi connectivity index (χ0) is 15.6. The number of carbonyl (C=O) groups excluding carboxylic acids is 1. The Hall–Kier alpha value is -2.18. The lowest BCUT2D eigenvalue weighted by atomic mass is 10.2. The maximum atomic E-state index is 13.6. The lowest BCUT2D eigenvalue weighted by Gasteiger charge is -2.08. The van der Waals surface area contributed by atoms with Crippen LogP contribution in [0.3, 0.4) is 0 Å². The van der Waals surface area contributed by atoms with Gasteiger partial charge in [-0.2, -0.15) is 0 Å². The SMILES string of the molecule is O=C(Nc1cc([N+](=O)[O-])ccc1F)c1ccc(Cl)cc1Cl. The van der Waals surface area contributed by atoms with Crippen LogP contribution in [0.2, 0.25) is 10.0 Å². The number of amides is 1. The molecule has 0 aromatic heterocycles. The van der Waals surface area contributed by atoms with Crippen LogP contribution in [0.15, 0.2) is 36.4 Å². The number of nitro groups is 1. The van der Waals surface area contributed by atoms with E-state index in [1.165, 1.54) is 18.2 Å². The standard InChI is InChI=1S/C13H7Cl2FN2O3/c14-7-1-3-9(10(15)5-7)13(19)17-12-6-8(18(20)21)2-4-11(12)16/h1-6H,(H,17,19). The molecular weight excluding hydrogens is 322 g/mol. The first-order valence-electron chi connectivity index (χ1n) is 5.59. The van der Waals surface area contributed by atoms with Gasteiger partial charge in [0.25, 0.3) is 11.6 Å². The zero-order valence-corrected chi connectivity index (χ0v) is 11.8. The molecule has 2 aromatic carbocycles. The maximum absolute atomic E-state index is 13.6. The Morgan fingerprint density at radius 1 is 1.19 bits per heavy atom. The number of halogens is 3. The molecule has 0 radical (unpaired) electrons. The Morgan fingerprint density at radius 3 is 2.52 bits per heavy atom. The van der Waals surface area contributed by atoms with Crippen molar-refractivity contribution >= 4 is 40.5 Å². The molecule has 108 valence electrons. The Kier molecular flexibility index (Phi) is 4.40. The number of hydrogen-bond acceptors (Lipinski definition) is 3. The van der Waals surface area contributed by atoms with Crippen molar-refractivity contribution in [3.05, 3.63) is 67.9 Å². The van der Waals surface area contributed by atoms with Gasteiger partial charge in [-0.05, 0) is 24.3 Å². The Labute approximate surface area is 128 Å². The molecule has 1 N–H and O–H groups in total. The highest BCUT2D eigenvalue weighted by Gasteiger charge is 2.16. The number of benzene rings is 2. The van der Waals surface area contributed by atoms with Gasteiger partial charge in [-0.3, -0.25) is 14.9 Å². The van der Waals surface area contributed by atoms with Gasteiger partial charge in [0.1, 0.15) is 5.82 Å². The average Bonchev–Trinajstić information content (AvgIpc) is 2.40. The number of nitrogens with zero attached hydrogens (tertiary/aromatic N) is 1. The van der Waals surface area contributed by atoms with Crippen LogP contribution in [0.4, 0.5) is 15.8 Å². The molecule has 2 rings (SSSR count). The maximum Gasteiger partial charge on any atom is 0.271 e. The minimum absolute atomic E-state index is 0.0759. The molecule has 0 heterocycles. The van der Waals surface area contributed by atoms with Crippen molar-refractivity contribution in [1.29, 1.82) is 0 Å². The molecule has 8 heteroatoms. The fourth-order valence-electron chi connectivity index (χ4n) is 1.59. The van der Waals surface area contributed by atoms with Gasteiger partial charge in [0.2, 0.25) is 0 Å². The molecule has 0 fully saturated rings. The summed E-state index contributed by atoms with van der Waals surface area (Å²) in [5, 5.41) is 13.3. The minimum Gasteiger partial charge on any atom is -0.319 e. The van der Waals surface area contributed by atoms with Crippen molar-refractivity contribution in [2.24, 2.45) is 0 Å². The molecule has 2 aromatic rings. The molecule has 0 aliphatic heterocycles. The second-order valence-corrected chi connectivity index (χ2v) is 4.84. The van der Waals surface area contributed by atoms with E-state index in [1.54, 1.807) is 0 Å². The van der Waals surface area contributed by atoms with E-state index in [-0.39, 0.29) is 22.0 Å². The van der Waals surface area contributed by atoms with Crippen LogP contribution in [0.5, 0.6) is 0 Å². The van der Waals surface area contributed by atoms with Crippen molar-refractivity contribution in [2.45, 2.75) is 0 Å². The largest absolute Gasteiger partial charge is 0.319 e. The molecule has 21 heavy (non-hydrogen) atoms. The van der Waals surface area contributed by atoms with E-state index in [2.05, 4.69) is 5.32 Å². The number of nitro benzene ring substituents is 1. The second-order valence-electron chi connectivity index (χ2n) is 4.00. The number of nitrogens with one attached hydrogen (secondary N) is 1. The van der Waals surface area contributed by atoms with Crippen molar-refractivity contribution in [2.75, 3.05) is 5.32 Å². The number of non-ortho nitro benzene ring substituents is 1. The summed E-state index contributed by atoms with van der Waals surface area (Å²) in [6.45, 7) is 0. The first kappa shape index (κ1) is 15.2. The Morgan fingerprint density at radius 2 is 1.90 bits per heavy atom. The summed E-state index contributed by atoms with van der Waals surface area (Å²) in [5.74, 6) is -1.49. The molecule has 0 spiro atoms. The zero-order valence-electron chi connectivity index (χ0n) is 10.3. The van der Waals surface area contributed by atoms with Gasteiger partial charge in [0.05, 0.1) is 21.2 Å². The van der Waals surface area contributed by atoms with Gasteiger partial charge >= 0.3 is 0 Å². The number of rotatable bonds is 3. The summed E-state index contributed by atoms with van der Waals surface area (Å²) in [6.07, 6.45) is 0. The molecule has 1 amide bonds. The fourth-order valence-corrected chi connectivity index (χ4v) is 2.08. The second kappa shape index (κ2) is 6.07. The van der Waals surface area contributed by atoms with Gasteiger partial charge in [-0.1, -0.05) is 23.2 Å². The van der Waals surface area contributed by atoms with Crippen molar-refractivity contribution in [3.63, 3.8) is 0 Å². The van der Waals surface area contributed by atoms with Crippen molar-refractivity contribution in [1.82, 2.24) is 0 Å². The van der Waals surface area contributed by atoms with Gasteiger partial charge in [0.15, 0.2) is 0 Å². The number of anilines is 1. The van der Waals surface area contributed by atoms with Gasteiger partial charge in [-0.15, -0.1) is 0 Å². The van der Waals surface area contributed by atoms with E-state index in [4.69, 9.17) is 23.2 Å². The molecule has 0 atom stereocenters. The summed E-state index contributed by atoms with van der Waals surface area (Å²) in [6, 6.07) is 7.01. The van der Waals surface area contributed by atoms with Crippen LogP contribution in [-0.4, -0.2) is 10.8 Å². The molecule has 0 saturated carbocycles. The monoisotopic (exact) mass is 328 g/mol. The van der Waals surface area contributed by atoms with Crippen LogP contribution in [0.25, 0.3) is 0 Å². The summed E-state index contributed by atoms with van der Waals surface area (Å²) < 4.78 is 13.6. The molecule has 0 saturated heterocycles. The number of carbonyl (C=O) groups is 1. The summed E-state index contributed by atoms with van der Waals surface area (Å²) >= 11 is 11.6. The van der Waals surface area contributed by atoms with Gasteiger partial charge < -0.3 is 5.32 Å². The van der Waals surface area contributed by atoms with Crippen LogP contribution < -0.4 is 5.32 Å². The molecule has 0 aliphatic rings. The van der Waals surface area contributed by atoms with E-state index in [1.807, 2.05) is 0 Å². The van der Waals surface area contributed by atoms with Crippen LogP contribution >= 0.6 is 23.2 Å². The van der Waals surface area contributed by atoms with Crippen molar-refractivity contribution < 1.29 is 14.1 Å². The molecule has 0 aliphatic carbocycles. The highest BCUT2D eigenvalue weighted by atomic mass is 35.5. The lowest BCUT2D eigenvalue weighted by Crippen LogP contribution is -2.13. The van der Waals surface area contributed by atoms with Crippen LogP contribution in [0, 0.1) is 15.9 Å². The first-order valence-corrected chi connectivity index (χ1v) is 6.34. The normalized spacial score (nSPS) is 10.2. The Balaban J connectivity index is 2.31. The summed E-state index contributed by atoms with van der Waals surface area (Å²) in [7, 11) is 0. The fraction of sp³-hybridized carbons (Fsp3) is 0. The quantitative estimate of drug-likeness (QED) is 0.674. The predicted octanol–water partition coefficient (Wildman–Crippen LogP) is 4.29. The van der Waals surface area contributed by atoms with E-state index in [0.717, 1.165) is 18.2 Å². The summed E-state index contributed by atoms with van der Waals surface area (Å²) in [4.78, 5) is 22.0.